The zero-order valence-corrected chi connectivity index (χ0v) is 16.1. The first-order chi connectivity index (χ1) is 12.5. The summed E-state index contributed by atoms with van der Waals surface area (Å²) in [5, 5.41) is 0. The number of rotatable bonds is 5. The van der Waals surface area contributed by atoms with Crippen LogP contribution < -0.4 is 0 Å². The molecule has 3 fully saturated rings. The predicted molar refractivity (Wildman–Crippen MR) is 98.4 cm³/mol. The fourth-order valence-corrected chi connectivity index (χ4v) is 5.76. The Bertz CT molecular complexity index is 742. The number of methoxy groups -OCH3 is 1. The number of carbonyl (C=O) groups is 2. The highest BCUT2D eigenvalue weighted by Crippen LogP contribution is 2.58. The molecule has 2 saturated heterocycles. The predicted octanol–water partition coefficient (Wildman–Crippen LogP) is 3.17. The van der Waals surface area contributed by atoms with Crippen molar-refractivity contribution in [2.24, 2.45) is 11.8 Å². The van der Waals surface area contributed by atoms with Crippen LogP contribution in [0, 0.1) is 18.8 Å². The molecule has 1 aromatic rings. The number of Topliss-reactive ketones (excluding diaryl/α,β-unsaturated/α-hetero) is 2. The van der Waals surface area contributed by atoms with Crippen LogP contribution in [-0.4, -0.2) is 37.0 Å². The SMILES string of the molecule is CCc1cc(C)cc(CC)c1C1C(=O)[C@H]2[C@@H]3CC[C@@](COC)(O3)[C@H]2C1=O. The lowest BCUT2D eigenvalue weighted by Gasteiger charge is -2.30. The second-order valence-corrected chi connectivity index (χ2v) is 8.14. The minimum atomic E-state index is -0.615. The average molecular weight is 356 g/mol. The molecule has 1 aromatic carbocycles. The Hall–Kier alpha value is -1.52. The summed E-state index contributed by atoms with van der Waals surface area (Å²) in [6.45, 7) is 6.67. The Labute approximate surface area is 155 Å². The van der Waals surface area contributed by atoms with Crippen molar-refractivity contribution in [2.75, 3.05) is 13.7 Å². The number of benzene rings is 1. The number of ether oxygens (including phenoxy) is 2. The van der Waals surface area contributed by atoms with E-state index in [1.807, 2.05) is 0 Å². The van der Waals surface area contributed by atoms with Crippen molar-refractivity contribution in [3.8, 4) is 0 Å². The monoisotopic (exact) mass is 356 g/mol. The quantitative estimate of drug-likeness (QED) is 0.761. The van der Waals surface area contributed by atoms with E-state index < -0.39 is 11.5 Å². The molecule has 0 N–H and O–H groups in total. The summed E-state index contributed by atoms with van der Waals surface area (Å²) in [6, 6.07) is 4.28. The minimum Gasteiger partial charge on any atom is -0.382 e. The molecule has 140 valence electrons. The molecule has 2 aliphatic heterocycles. The summed E-state index contributed by atoms with van der Waals surface area (Å²) in [6.07, 6.45) is 3.22. The molecule has 26 heavy (non-hydrogen) atoms. The molecule has 1 unspecified atom stereocenters. The van der Waals surface area contributed by atoms with E-state index in [-0.39, 0.29) is 29.5 Å². The fourth-order valence-electron chi connectivity index (χ4n) is 5.76. The van der Waals surface area contributed by atoms with E-state index in [4.69, 9.17) is 9.47 Å². The number of hydrogen-bond acceptors (Lipinski definition) is 4. The van der Waals surface area contributed by atoms with Gasteiger partial charge in [-0.15, -0.1) is 0 Å². The van der Waals surface area contributed by atoms with Gasteiger partial charge in [0.05, 0.1) is 24.5 Å². The minimum absolute atomic E-state index is 0.0625. The highest BCUT2D eigenvalue weighted by atomic mass is 16.6. The smallest absolute Gasteiger partial charge is 0.154 e. The van der Waals surface area contributed by atoms with Crippen LogP contribution in [0.25, 0.3) is 0 Å². The van der Waals surface area contributed by atoms with Gasteiger partial charge in [0, 0.05) is 7.11 Å². The molecule has 2 heterocycles. The van der Waals surface area contributed by atoms with E-state index in [9.17, 15) is 9.59 Å². The maximum absolute atomic E-state index is 13.5. The molecule has 0 amide bonds. The standard InChI is InChI=1S/C22H28O4/c1-5-13-9-12(3)10-14(6-2)16(13)18-20(23)17-15-7-8-22(26-15,11-25-4)19(17)21(18)24/h9-10,15,17-19H,5-8,11H2,1-4H3/t15-,17-,18?,19+,22-/m0/s1. The third kappa shape index (κ3) is 2.28. The van der Waals surface area contributed by atoms with Gasteiger partial charge in [-0.3, -0.25) is 9.59 Å². The number of aryl methyl sites for hydroxylation is 3. The summed E-state index contributed by atoms with van der Waals surface area (Å²) in [5.41, 5.74) is 3.87. The molecule has 1 aliphatic carbocycles. The normalized spacial score (nSPS) is 35.4. The molecule has 4 heteroatoms. The summed E-state index contributed by atoms with van der Waals surface area (Å²) < 4.78 is 11.6. The second-order valence-electron chi connectivity index (χ2n) is 8.14. The number of fused-ring (bicyclic) bond motifs is 5. The molecule has 3 aliphatic rings. The zero-order valence-electron chi connectivity index (χ0n) is 16.1. The van der Waals surface area contributed by atoms with E-state index in [0.29, 0.717) is 6.61 Å². The van der Waals surface area contributed by atoms with Crippen LogP contribution in [0.3, 0.4) is 0 Å². The Balaban J connectivity index is 1.82. The molecular formula is C22H28O4. The topological polar surface area (TPSA) is 52.6 Å². The van der Waals surface area contributed by atoms with Crippen molar-refractivity contribution >= 4 is 11.6 Å². The molecule has 4 nitrogen and oxygen atoms in total. The average Bonchev–Trinajstić information content (AvgIpc) is 3.25. The molecule has 4 rings (SSSR count). The molecule has 0 radical (unpaired) electrons. The Morgan fingerprint density at radius 1 is 1.15 bits per heavy atom. The van der Waals surface area contributed by atoms with Gasteiger partial charge < -0.3 is 9.47 Å². The van der Waals surface area contributed by atoms with E-state index in [2.05, 4.69) is 32.9 Å². The third-order valence-electron chi connectivity index (χ3n) is 6.70. The Morgan fingerprint density at radius 2 is 1.81 bits per heavy atom. The first-order valence-corrected chi connectivity index (χ1v) is 9.84. The van der Waals surface area contributed by atoms with Crippen LogP contribution in [0.4, 0.5) is 0 Å². The number of carbonyl (C=O) groups excluding carboxylic acids is 2. The van der Waals surface area contributed by atoms with E-state index in [1.54, 1.807) is 7.11 Å². The van der Waals surface area contributed by atoms with Crippen molar-refractivity contribution < 1.29 is 19.1 Å². The van der Waals surface area contributed by atoms with E-state index in [1.165, 1.54) is 5.56 Å². The van der Waals surface area contributed by atoms with Crippen LogP contribution in [-0.2, 0) is 31.9 Å². The molecule has 5 atom stereocenters. The second kappa shape index (κ2) is 6.28. The van der Waals surface area contributed by atoms with Crippen molar-refractivity contribution in [3.05, 3.63) is 34.4 Å². The lowest BCUT2D eigenvalue weighted by atomic mass is 9.73. The van der Waals surface area contributed by atoms with Gasteiger partial charge in [0.1, 0.15) is 11.5 Å². The van der Waals surface area contributed by atoms with Gasteiger partial charge >= 0.3 is 0 Å². The third-order valence-corrected chi connectivity index (χ3v) is 6.70. The van der Waals surface area contributed by atoms with Crippen LogP contribution in [0.2, 0.25) is 0 Å². The number of hydrogen-bond donors (Lipinski definition) is 0. The summed E-state index contributed by atoms with van der Waals surface area (Å²) >= 11 is 0. The first-order valence-electron chi connectivity index (χ1n) is 9.84. The van der Waals surface area contributed by atoms with Gasteiger partial charge in [0.25, 0.3) is 0 Å². The van der Waals surface area contributed by atoms with Crippen molar-refractivity contribution in [3.63, 3.8) is 0 Å². The Morgan fingerprint density at radius 3 is 2.38 bits per heavy atom. The molecule has 0 spiro atoms. The maximum atomic E-state index is 13.5. The first kappa shape index (κ1) is 17.9. The van der Waals surface area contributed by atoms with Gasteiger partial charge in [-0.2, -0.15) is 0 Å². The molecule has 2 bridgehead atoms. The van der Waals surface area contributed by atoms with Gasteiger partial charge in [-0.1, -0.05) is 31.5 Å². The van der Waals surface area contributed by atoms with Crippen LogP contribution in [0.15, 0.2) is 12.1 Å². The van der Waals surface area contributed by atoms with Crippen LogP contribution in [0.1, 0.15) is 54.9 Å². The van der Waals surface area contributed by atoms with Crippen LogP contribution >= 0.6 is 0 Å². The van der Waals surface area contributed by atoms with Crippen LogP contribution in [0.5, 0.6) is 0 Å². The van der Waals surface area contributed by atoms with Gasteiger partial charge in [0.2, 0.25) is 0 Å². The van der Waals surface area contributed by atoms with Crippen molar-refractivity contribution in [2.45, 2.75) is 64.1 Å². The summed E-state index contributed by atoms with van der Waals surface area (Å²) in [5.74, 6) is -1.10. The number of ketones is 2. The summed E-state index contributed by atoms with van der Waals surface area (Å²) in [7, 11) is 1.64. The van der Waals surface area contributed by atoms with Gasteiger partial charge in [0.15, 0.2) is 11.6 Å². The molecular weight excluding hydrogens is 328 g/mol. The highest BCUT2D eigenvalue weighted by molar-refractivity contribution is 6.17. The van der Waals surface area contributed by atoms with Gasteiger partial charge in [-0.05, 0) is 49.3 Å². The molecule has 1 saturated carbocycles. The zero-order chi connectivity index (χ0) is 18.6. The van der Waals surface area contributed by atoms with Crippen molar-refractivity contribution in [1.29, 1.82) is 0 Å². The van der Waals surface area contributed by atoms with Gasteiger partial charge in [-0.25, -0.2) is 0 Å². The maximum Gasteiger partial charge on any atom is 0.154 e. The lowest BCUT2D eigenvalue weighted by Crippen LogP contribution is -2.43. The largest absolute Gasteiger partial charge is 0.382 e. The van der Waals surface area contributed by atoms with E-state index >= 15 is 0 Å². The Kier molecular flexibility index (Phi) is 4.31. The highest BCUT2D eigenvalue weighted by Gasteiger charge is 2.69. The van der Waals surface area contributed by atoms with Crippen molar-refractivity contribution in [1.82, 2.24) is 0 Å². The lowest BCUT2D eigenvalue weighted by molar-refractivity contribution is -0.132. The molecule has 0 aromatic heterocycles. The fraction of sp³-hybridized carbons (Fsp3) is 0.636. The summed E-state index contributed by atoms with van der Waals surface area (Å²) in [4.78, 5) is 26.9. The van der Waals surface area contributed by atoms with E-state index in [0.717, 1.165) is 42.4 Å².